The third-order valence-corrected chi connectivity index (χ3v) is 9.24. The Kier molecular flexibility index (Phi) is 8.11. The SMILES string of the molecule is CCN1CCN(C2CCC(c3ccc(NC(=O)C4NC=C(C#N)N4)c(C4=CCC(C)(C)CC4)c3)CC2)CC1. The van der Waals surface area contributed by atoms with Crippen LogP contribution in [-0.2, 0) is 4.79 Å². The van der Waals surface area contributed by atoms with E-state index in [1.54, 1.807) is 6.20 Å². The van der Waals surface area contributed by atoms with Gasteiger partial charge in [-0.1, -0.05) is 32.9 Å². The molecule has 1 saturated carbocycles. The van der Waals surface area contributed by atoms with Crippen molar-refractivity contribution in [2.75, 3.05) is 38.0 Å². The van der Waals surface area contributed by atoms with Crippen molar-refractivity contribution in [3.05, 3.63) is 47.3 Å². The van der Waals surface area contributed by atoms with Crippen molar-refractivity contribution in [1.29, 1.82) is 5.26 Å². The molecule has 0 aromatic heterocycles. The lowest BCUT2D eigenvalue weighted by Gasteiger charge is -2.42. The van der Waals surface area contributed by atoms with Crippen LogP contribution in [0.4, 0.5) is 5.69 Å². The highest BCUT2D eigenvalue weighted by molar-refractivity contribution is 5.98. The quantitative estimate of drug-likeness (QED) is 0.505. The molecule has 2 aliphatic carbocycles. The summed E-state index contributed by atoms with van der Waals surface area (Å²) in [6.45, 7) is 12.9. The van der Waals surface area contributed by atoms with E-state index in [-0.39, 0.29) is 5.91 Å². The minimum Gasteiger partial charge on any atom is -0.361 e. The zero-order valence-electron chi connectivity index (χ0n) is 23.4. The maximum atomic E-state index is 13.0. The van der Waals surface area contributed by atoms with Gasteiger partial charge in [0.1, 0.15) is 11.8 Å². The van der Waals surface area contributed by atoms with Gasteiger partial charge in [0.25, 0.3) is 5.91 Å². The summed E-state index contributed by atoms with van der Waals surface area (Å²) in [6, 6.07) is 9.47. The van der Waals surface area contributed by atoms with E-state index in [1.165, 1.54) is 69.5 Å². The van der Waals surface area contributed by atoms with Crippen molar-refractivity contribution < 1.29 is 4.79 Å². The summed E-state index contributed by atoms with van der Waals surface area (Å²) in [5.41, 5.74) is 5.47. The fraction of sp³-hybridized carbons (Fsp3) is 0.613. The summed E-state index contributed by atoms with van der Waals surface area (Å²) in [7, 11) is 0. The van der Waals surface area contributed by atoms with E-state index in [0.717, 1.165) is 36.6 Å². The van der Waals surface area contributed by atoms with E-state index in [1.807, 2.05) is 6.07 Å². The summed E-state index contributed by atoms with van der Waals surface area (Å²) in [5.74, 6) is 0.397. The van der Waals surface area contributed by atoms with Gasteiger partial charge in [-0.25, -0.2) is 0 Å². The maximum absolute atomic E-state index is 13.0. The van der Waals surface area contributed by atoms with Crippen LogP contribution in [0.3, 0.4) is 0 Å². The molecule has 1 amide bonds. The van der Waals surface area contributed by atoms with Gasteiger partial charge >= 0.3 is 0 Å². The van der Waals surface area contributed by atoms with Gasteiger partial charge in [-0.05, 0) is 86.1 Å². The van der Waals surface area contributed by atoms with Crippen LogP contribution in [0.2, 0.25) is 0 Å². The van der Waals surface area contributed by atoms with E-state index < -0.39 is 6.17 Å². The Balaban J connectivity index is 1.29. The van der Waals surface area contributed by atoms with Gasteiger partial charge in [-0.15, -0.1) is 0 Å². The van der Waals surface area contributed by atoms with Crippen molar-refractivity contribution in [3.8, 4) is 6.07 Å². The number of benzene rings is 1. The third kappa shape index (κ3) is 6.08. The fourth-order valence-electron chi connectivity index (χ4n) is 6.55. The molecule has 2 fully saturated rings. The Labute approximate surface area is 228 Å². The molecule has 2 heterocycles. The van der Waals surface area contributed by atoms with Crippen molar-refractivity contribution in [3.63, 3.8) is 0 Å². The maximum Gasteiger partial charge on any atom is 0.267 e. The number of amides is 1. The predicted octanol–water partition coefficient (Wildman–Crippen LogP) is 4.77. The van der Waals surface area contributed by atoms with Crippen LogP contribution in [0.1, 0.15) is 82.8 Å². The van der Waals surface area contributed by atoms with Gasteiger partial charge in [0.05, 0.1) is 0 Å². The second kappa shape index (κ2) is 11.5. The lowest BCUT2D eigenvalue weighted by atomic mass is 9.76. The van der Waals surface area contributed by atoms with E-state index in [9.17, 15) is 4.79 Å². The first-order valence-electron chi connectivity index (χ1n) is 14.6. The third-order valence-electron chi connectivity index (χ3n) is 9.24. The highest BCUT2D eigenvalue weighted by atomic mass is 16.2. The number of rotatable bonds is 6. The molecule has 2 aliphatic heterocycles. The predicted molar refractivity (Wildman–Crippen MR) is 153 cm³/mol. The molecule has 1 aromatic carbocycles. The minimum absolute atomic E-state index is 0.180. The molecular formula is C31H44N6O. The van der Waals surface area contributed by atoms with Crippen LogP contribution in [0, 0.1) is 16.7 Å². The van der Waals surface area contributed by atoms with Gasteiger partial charge in [0.15, 0.2) is 6.17 Å². The summed E-state index contributed by atoms with van der Waals surface area (Å²) < 4.78 is 0. The van der Waals surface area contributed by atoms with Crippen molar-refractivity contribution in [2.24, 2.45) is 5.41 Å². The number of likely N-dealkylation sites (N-methyl/N-ethyl adjacent to an activating group) is 1. The number of piperazine rings is 1. The number of carbonyl (C=O) groups excluding carboxylic acids is 1. The van der Waals surface area contributed by atoms with Crippen LogP contribution in [0.5, 0.6) is 0 Å². The lowest BCUT2D eigenvalue weighted by molar-refractivity contribution is -0.118. The Hall–Kier alpha value is -2.82. The van der Waals surface area contributed by atoms with Gasteiger partial charge in [0, 0.05) is 49.7 Å². The molecule has 5 rings (SSSR count). The number of allylic oxidation sites excluding steroid dienone is 3. The number of anilines is 1. The average Bonchev–Trinajstić information content (AvgIpc) is 3.43. The molecular weight excluding hydrogens is 472 g/mol. The molecule has 1 atom stereocenters. The number of nitriles is 1. The number of hydrogen-bond donors (Lipinski definition) is 3. The Morgan fingerprint density at radius 2 is 1.92 bits per heavy atom. The van der Waals surface area contributed by atoms with E-state index in [2.05, 4.69) is 70.8 Å². The Bertz CT molecular complexity index is 1120. The lowest BCUT2D eigenvalue weighted by Crippen LogP contribution is -2.50. The Morgan fingerprint density at radius 3 is 2.55 bits per heavy atom. The molecule has 0 spiro atoms. The second-order valence-electron chi connectivity index (χ2n) is 12.3. The van der Waals surface area contributed by atoms with E-state index >= 15 is 0 Å². The van der Waals surface area contributed by atoms with Crippen molar-refractivity contribution in [2.45, 2.75) is 83.8 Å². The Morgan fingerprint density at radius 1 is 1.16 bits per heavy atom. The molecule has 4 aliphatic rings. The largest absolute Gasteiger partial charge is 0.361 e. The monoisotopic (exact) mass is 516 g/mol. The molecule has 1 aromatic rings. The number of carbonyl (C=O) groups is 1. The first-order valence-corrected chi connectivity index (χ1v) is 14.6. The molecule has 1 unspecified atom stereocenters. The summed E-state index contributed by atoms with van der Waals surface area (Å²) in [5, 5.41) is 18.1. The van der Waals surface area contributed by atoms with Crippen LogP contribution in [0.15, 0.2) is 36.2 Å². The summed E-state index contributed by atoms with van der Waals surface area (Å²) in [6.07, 6.45) is 11.5. The normalized spacial score (nSPS) is 27.9. The molecule has 7 heteroatoms. The molecule has 7 nitrogen and oxygen atoms in total. The highest BCUT2D eigenvalue weighted by Crippen LogP contribution is 2.42. The van der Waals surface area contributed by atoms with Crippen molar-refractivity contribution in [1.82, 2.24) is 20.4 Å². The second-order valence-corrected chi connectivity index (χ2v) is 12.3. The van der Waals surface area contributed by atoms with E-state index in [4.69, 9.17) is 5.26 Å². The number of nitrogens with one attached hydrogen (secondary N) is 3. The standard InChI is InChI=1S/C31H44N6O/c1-4-36-15-17-37(18-16-36)26-8-5-22(6-9-26)24-7-10-28(35-30(38)29-33-21-25(20-32)34-29)27(19-24)23-11-13-31(2,3)14-12-23/h7,10-11,19,21-22,26,29,33-34H,4-6,8-9,12-18H2,1-3H3,(H,35,38). The van der Waals surface area contributed by atoms with Crippen molar-refractivity contribution >= 4 is 17.2 Å². The van der Waals surface area contributed by atoms with E-state index in [0.29, 0.717) is 17.0 Å². The molecule has 38 heavy (non-hydrogen) atoms. The summed E-state index contributed by atoms with van der Waals surface area (Å²) in [4.78, 5) is 18.3. The van der Waals surface area contributed by atoms with Crippen LogP contribution in [-0.4, -0.2) is 60.6 Å². The van der Waals surface area contributed by atoms with Crippen LogP contribution < -0.4 is 16.0 Å². The fourth-order valence-corrected chi connectivity index (χ4v) is 6.55. The summed E-state index contributed by atoms with van der Waals surface area (Å²) >= 11 is 0. The minimum atomic E-state index is -0.633. The van der Waals surface area contributed by atoms with Gasteiger partial charge in [0.2, 0.25) is 0 Å². The first kappa shape index (κ1) is 26.8. The number of hydrogen-bond acceptors (Lipinski definition) is 6. The molecule has 0 bridgehead atoms. The molecule has 1 saturated heterocycles. The van der Waals surface area contributed by atoms with Gasteiger partial charge in [-0.3, -0.25) is 9.69 Å². The zero-order chi connectivity index (χ0) is 26.7. The van der Waals surface area contributed by atoms with Gasteiger partial charge in [-0.2, -0.15) is 5.26 Å². The average molecular weight is 517 g/mol. The topological polar surface area (TPSA) is 83.4 Å². The molecule has 0 radical (unpaired) electrons. The molecule has 3 N–H and O–H groups in total. The zero-order valence-corrected chi connectivity index (χ0v) is 23.4. The van der Waals surface area contributed by atoms with Crippen LogP contribution >= 0.6 is 0 Å². The number of nitrogens with zero attached hydrogens (tertiary/aromatic N) is 3. The molecule has 204 valence electrons. The first-order chi connectivity index (χ1) is 18.3. The van der Waals surface area contributed by atoms with Gasteiger partial charge < -0.3 is 20.9 Å². The van der Waals surface area contributed by atoms with Crippen LogP contribution in [0.25, 0.3) is 5.57 Å². The smallest absolute Gasteiger partial charge is 0.267 e. The highest BCUT2D eigenvalue weighted by Gasteiger charge is 2.30.